The first-order chi connectivity index (χ1) is 14.8. The standard InChI is InChI=1S/C21H21N3O7.H2O/c25-12-6-11-17(18(19(12)28)24(29)30)22-20-16-10-5-14-21(11,20)2-3-23(14)8-9(10)1-4-31-13(16)7-15(26)27;/h1,6,10,13-14,16,20,22H,2-5,7-8H2,(H,26,27);1H2/t10-,13-,14-,16-,20-,21+;/m0./s1. The first kappa shape index (κ1) is 21.0. The highest BCUT2D eigenvalue weighted by Gasteiger charge is 2.69. The van der Waals surface area contributed by atoms with E-state index >= 15 is 0 Å². The molecular formula is C21H23N3O8. The van der Waals surface area contributed by atoms with Crippen LogP contribution < -0.4 is 5.32 Å². The summed E-state index contributed by atoms with van der Waals surface area (Å²) in [5.74, 6) is -3.05. The molecule has 6 rings (SSSR count). The van der Waals surface area contributed by atoms with E-state index in [0.29, 0.717) is 18.6 Å². The van der Waals surface area contributed by atoms with Crippen LogP contribution in [-0.2, 0) is 19.1 Å². The average Bonchev–Trinajstić information content (AvgIpc) is 3.18. The fourth-order valence-electron chi connectivity index (χ4n) is 7.23. The minimum atomic E-state index is -1.11. The second-order valence-corrected chi connectivity index (χ2v) is 9.30. The van der Waals surface area contributed by atoms with Crippen LogP contribution in [0.5, 0.6) is 0 Å². The lowest BCUT2D eigenvalue weighted by molar-refractivity contribution is -0.419. The summed E-state index contributed by atoms with van der Waals surface area (Å²) in [4.78, 5) is 49.8. The molecule has 2 aliphatic carbocycles. The number of ether oxygens (including phenoxy) is 1. The second kappa shape index (κ2) is 6.80. The van der Waals surface area contributed by atoms with Crippen molar-refractivity contribution in [2.24, 2.45) is 17.3 Å². The molecular weight excluding hydrogens is 422 g/mol. The Labute approximate surface area is 182 Å². The van der Waals surface area contributed by atoms with Crippen molar-refractivity contribution in [1.82, 2.24) is 10.2 Å². The molecule has 4 fully saturated rings. The molecule has 6 atom stereocenters. The highest BCUT2D eigenvalue weighted by atomic mass is 16.6. The van der Waals surface area contributed by atoms with E-state index in [-0.39, 0.29) is 41.5 Å². The number of hydrogen-bond donors (Lipinski definition) is 2. The molecule has 32 heavy (non-hydrogen) atoms. The molecule has 2 bridgehead atoms. The zero-order valence-corrected chi connectivity index (χ0v) is 17.1. The number of allylic oxidation sites excluding steroid dienone is 3. The number of hydrogen-bond acceptors (Lipinski definition) is 8. The molecule has 170 valence electrons. The molecule has 4 heterocycles. The van der Waals surface area contributed by atoms with E-state index in [9.17, 15) is 29.6 Å². The number of ketones is 2. The number of carboxylic acid groups (broad SMARTS) is 1. The maximum atomic E-state index is 12.4. The van der Waals surface area contributed by atoms with Crippen LogP contribution >= 0.6 is 0 Å². The molecule has 0 unspecified atom stereocenters. The van der Waals surface area contributed by atoms with Crippen LogP contribution in [0.4, 0.5) is 0 Å². The van der Waals surface area contributed by atoms with Gasteiger partial charge in [-0.1, -0.05) is 11.6 Å². The Morgan fingerprint density at radius 2 is 2.19 bits per heavy atom. The maximum Gasteiger partial charge on any atom is 0.343 e. The van der Waals surface area contributed by atoms with E-state index in [1.165, 1.54) is 11.6 Å². The number of nitrogens with one attached hydrogen (secondary N) is 1. The number of carbonyl (C=O) groups is 3. The fourth-order valence-corrected chi connectivity index (χ4v) is 7.23. The van der Waals surface area contributed by atoms with Gasteiger partial charge in [0.05, 0.1) is 24.1 Å². The molecule has 4 N–H and O–H groups in total. The van der Waals surface area contributed by atoms with Crippen molar-refractivity contribution in [3.05, 3.63) is 44.8 Å². The molecule has 0 radical (unpaired) electrons. The van der Waals surface area contributed by atoms with Crippen LogP contribution in [-0.4, -0.2) is 75.8 Å². The zero-order chi connectivity index (χ0) is 21.7. The van der Waals surface area contributed by atoms with Crippen molar-refractivity contribution >= 4 is 17.5 Å². The van der Waals surface area contributed by atoms with Crippen molar-refractivity contribution in [1.29, 1.82) is 0 Å². The van der Waals surface area contributed by atoms with Gasteiger partial charge in [0.15, 0.2) is 0 Å². The summed E-state index contributed by atoms with van der Waals surface area (Å²) in [6.45, 7) is 1.87. The molecule has 6 aliphatic rings. The quantitative estimate of drug-likeness (QED) is 0.186. The van der Waals surface area contributed by atoms with Crippen LogP contribution in [0.15, 0.2) is 34.7 Å². The van der Waals surface area contributed by atoms with Gasteiger partial charge in [0, 0.05) is 30.0 Å². The molecule has 0 amide bonds. The largest absolute Gasteiger partial charge is 0.481 e. The summed E-state index contributed by atoms with van der Waals surface area (Å²) in [6, 6.07) is -0.271. The molecule has 11 nitrogen and oxygen atoms in total. The van der Waals surface area contributed by atoms with Crippen LogP contribution in [0.1, 0.15) is 19.3 Å². The van der Waals surface area contributed by atoms with E-state index in [1.54, 1.807) is 0 Å². The van der Waals surface area contributed by atoms with Gasteiger partial charge in [0.1, 0.15) is 5.70 Å². The van der Waals surface area contributed by atoms with Gasteiger partial charge in [-0.15, -0.1) is 0 Å². The molecule has 4 aliphatic heterocycles. The van der Waals surface area contributed by atoms with Crippen LogP contribution in [0.3, 0.4) is 0 Å². The van der Waals surface area contributed by atoms with E-state index in [1.807, 2.05) is 0 Å². The van der Waals surface area contributed by atoms with Gasteiger partial charge in [-0.2, -0.15) is 0 Å². The summed E-state index contributed by atoms with van der Waals surface area (Å²) >= 11 is 0. The molecule has 0 aromatic heterocycles. The number of rotatable bonds is 3. The number of aliphatic carboxylic acids is 1. The Hall–Kier alpha value is -2.89. The predicted octanol–water partition coefficient (Wildman–Crippen LogP) is -0.790. The summed E-state index contributed by atoms with van der Waals surface area (Å²) < 4.78 is 6.00. The van der Waals surface area contributed by atoms with Crippen molar-refractivity contribution in [3.8, 4) is 0 Å². The normalized spacial score (nSPS) is 39.2. The minimum absolute atomic E-state index is 0. The van der Waals surface area contributed by atoms with E-state index < -0.39 is 39.7 Å². The third-order valence-corrected chi connectivity index (χ3v) is 8.26. The number of nitrogens with zero attached hydrogens (tertiary/aromatic N) is 2. The maximum absolute atomic E-state index is 12.4. The number of carboxylic acids is 1. The Morgan fingerprint density at radius 1 is 1.41 bits per heavy atom. The van der Waals surface area contributed by atoms with Crippen molar-refractivity contribution < 1.29 is 34.6 Å². The second-order valence-electron chi connectivity index (χ2n) is 9.30. The fraction of sp³-hybridized carbons (Fsp3) is 0.571. The van der Waals surface area contributed by atoms with Crippen molar-refractivity contribution in [3.63, 3.8) is 0 Å². The van der Waals surface area contributed by atoms with E-state index in [4.69, 9.17) is 4.74 Å². The smallest absolute Gasteiger partial charge is 0.343 e. The molecule has 1 spiro atoms. The molecule has 3 saturated heterocycles. The summed E-state index contributed by atoms with van der Waals surface area (Å²) in [5, 5.41) is 24.6. The Bertz CT molecular complexity index is 1060. The lowest BCUT2D eigenvalue weighted by Gasteiger charge is -2.55. The van der Waals surface area contributed by atoms with Crippen LogP contribution in [0.25, 0.3) is 0 Å². The summed E-state index contributed by atoms with van der Waals surface area (Å²) in [6.07, 6.45) is 4.09. The predicted molar refractivity (Wildman–Crippen MR) is 107 cm³/mol. The zero-order valence-electron chi connectivity index (χ0n) is 17.1. The number of Topliss-reactive ketones (excluding diaryl/α,β-unsaturated/α-hetero) is 1. The number of fused-ring (bicyclic) bond motifs is 2. The van der Waals surface area contributed by atoms with E-state index in [2.05, 4.69) is 16.3 Å². The Morgan fingerprint density at radius 3 is 2.91 bits per heavy atom. The van der Waals surface area contributed by atoms with Gasteiger partial charge < -0.3 is 20.6 Å². The van der Waals surface area contributed by atoms with Crippen LogP contribution in [0, 0.1) is 27.4 Å². The Balaban J connectivity index is 0.00000216. The van der Waals surface area contributed by atoms with Gasteiger partial charge >= 0.3 is 17.4 Å². The topological polar surface area (TPSA) is 171 Å². The highest BCUT2D eigenvalue weighted by Crippen LogP contribution is 2.64. The SMILES string of the molecule is O.O=C(O)C[C@@H]1OCC=C2CN3CC[C@]45C6=CC(=O)C(=O)C([N+](=O)[O-])=C6N[C@H]4[C@H]1[C@H]2C[C@H]35. The van der Waals surface area contributed by atoms with Gasteiger partial charge in [-0.05, 0) is 37.0 Å². The molecule has 0 aromatic rings. The lowest BCUT2D eigenvalue weighted by Crippen LogP contribution is -2.63. The number of nitro groups is 1. The lowest BCUT2D eigenvalue weighted by atomic mass is 9.54. The average molecular weight is 445 g/mol. The molecule has 1 saturated carbocycles. The summed E-state index contributed by atoms with van der Waals surface area (Å²) in [5.41, 5.74) is 0.637. The van der Waals surface area contributed by atoms with Crippen molar-refractivity contribution in [2.75, 3.05) is 19.7 Å². The van der Waals surface area contributed by atoms with E-state index in [0.717, 1.165) is 19.5 Å². The number of piperidine rings is 1. The number of carbonyl (C=O) groups excluding carboxylic acids is 2. The van der Waals surface area contributed by atoms with Crippen molar-refractivity contribution in [2.45, 2.75) is 37.5 Å². The van der Waals surface area contributed by atoms with Gasteiger partial charge in [-0.3, -0.25) is 29.4 Å². The Kier molecular flexibility index (Phi) is 4.46. The minimum Gasteiger partial charge on any atom is -0.481 e. The molecule has 11 heteroatoms. The van der Waals surface area contributed by atoms with Gasteiger partial charge in [-0.25, -0.2) is 0 Å². The molecule has 0 aromatic carbocycles. The summed E-state index contributed by atoms with van der Waals surface area (Å²) in [7, 11) is 0. The third-order valence-electron chi connectivity index (χ3n) is 8.26. The highest BCUT2D eigenvalue weighted by molar-refractivity contribution is 6.48. The third kappa shape index (κ3) is 2.44. The van der Waals surface area contributed by atoms with Crippen LogP contribution in [0.2, 0.25) is 0 Å². The van der Waals surface area contributed by atoms with Gasteiger partial charge in [0.25, 0.3) is 0 Å². The first-order valence-electron chi connectivity index (χ1n) is 10.6. The monoisotopic (exact) mass is 445 g/mol. The van der Waals surface area contributed by atoms with Gasteiger partial charge in [0.2, 0.25) is 5.78 Å². The first-order valence-corrected chi connectivity index (χ1v) is 10.6.